The van der Waals surface area contributed by atoms with Crippen molar-refractivity contribution < 1.29 is 10.2 Å². The van der Waals surface area contributed by atoms with Crippen molar-refractivity contribution in [3.8, 4) is 0 Å². The zero-order chi connectivity index (χ0) is 9.90. The first-order chi connectivity index (χ1) is 6.03. The Kier molecular flexibility index (Phi) is 3.18. The number of hydrogen-bond donors (Lipinski definition) is 3. The maximum Gasteiger partial charge on any atom is 0.205 e. The van der Waals surface area contributed by atoms with Crippen molar-refractivity contribution in [3.63, 3.8) is 0 Å². The topological polar surface area (TPSA) is 78.3 Å². The van der Waals surface area contributed by atoms with Crippen LogP contribution in [0.1, 0.15) is 11.9 Å². The van der Waals surface area contributed by atoms with Crippen molar-refractivity contribution in [2.24, 2.45) is 0 Å². The minimum Gasteiger partial charge on any atom is -0.393 e. The van der Waals surface area contributed by atoms with Gasteiger partial charge in [-0.2, -0.15) is 0 Å². The van der Waals surface area contributed by atoms with Crippen LogP contribution in [0.3, 0.4) is 0 Å². The number of nitrogens with zero attached hydrogens (tertiary/aromatic N) is 2. The molecule has 0 spiro atoms. The Hall–Kier alpha value is -0.720. The van der Waals surface area contributed by atoms with E-state index in [1.54, 1.807) is 6.92 Å². The molecule has 5 nitrogen and oxygen atoms in total. The van der Waals surface area contributed by atoms with Gasteiger partial charge in [0.05, 0.1) is 6.61 Å². The van der Waals surface area contributed by atoms with Gasteiger partial charge in [-0.15, -0.1) is 10.2 Å². The predicted octanol–water partition coefficient (Wildman–Crippen LogP) is 0.00172. The lowest BCUT2D eigenvalue weighted by atomic mass is 10.1. The van der Waals surface area contributed by atoms with Crippen molar-refractivity contribution in [2.75, 3.05) is 18.5 Å². The van der Waals surface area contributed by atoms with Crippen molar-refractivity contribution in [3.05, 3.63) is 5.01 Å². The van der Waals surface area contributed by atoms with Gasteiger partial charge in [-0.1, -0.05) is 11.3 Å². The quantitative estimate of drug-likeness (QED) is 0.642. The maximum atomic E-state index is 9.44. The van der Waals surface area contributed by atoms with Gasteiger partial charge in [-0.3, -0.25) is 0 Å². The van der Waals surface area contributed by atoms with E-state index in [0.717, 1.165) is 5.01 Å². The molecule has 0 fully saturated rings. The molecule has 0 radical (unpaired) electrons. The second kappa shape index (κ2) is 3.99. The molecular formula is C7H13N3O2S. The van der Waals surface area contributed by atoms with Gasteiger partial charge >= 0.3 is 0 Å². The third-order valence-corrected chi connectivity index (χ3v) is 2.28. The maximum absolute atomic E-state index is 9.44. The van der Waals surface area contributed by atoms with Crippen LogP contribution in [-0.4, -0.2) is 39.2 Å². The lowest BCUT2D eigenvalue weighted by Gasteiger charge is -2.19. The van der Waals surface area contributed by atoms with Gasteiger partial charge in [0.2, 0.25) is 5.13 Å². The number of hydrogen-bond acceptors (Lipinski definition) is 6. The highest BCUT2D eigenvalue weighted by Gasteiger charge is 2.18. The third-order valence-electron chi connectivity index (χ3n) is 1.49. The molecule has 1 atom stereocenters. The summed E-state index contributed by atoms with van der Waals surface area (Å²) in [4.78, 5) is 0. The molecule has 0 aromatic carbocycles. The van der Waals surface area contributed by atoms with Gasteiger partial charge in [-0.05, 0) is 13.8 Å². The molecule has 0 aliphatic rings. The zero-order valence-electron chi connectivity index (χ0n) is 7.61. The van der Waals surface area contributed by atoms with E-state index in [0.29, 0.717) is 5.13 Å². The molecule has 0 saturated carbocycles. The van der Waals surface area contributed by atoms with Gasteiger partial charge in [-0.25, -0.2) is 0 Å². The van der Waals surface area contributed by atoms with E-state index in [4.69, 9.17) is 5.11 Å². The summed E-state index contributed by atoms with van der Waals surface area (Å²) in [6.45, 7) is 3.39. The standard InChI is InChI=1S/C7H13N3O2S/c1-5-9-10-6(13-5)8-3-7(2,12)4-11/h11-12H,3-4H2,1-2H3,(H,8,10). The Morgan fingerprint density at radius 1 is 1.54 bits per heavy atom. The molecule has 1 unspecified atom stereocenters. The Morgan fingerprint density at radius 2 is 2.23 bits per heavy atom. The number of rotatable bonds is 4. The summed E-state index contributed by atoms with van der Waals surface area (Å²) in [6, 6.07) is 0. The number of anilines is 1. The second-order valence-electron chi connectivity index (χ2n) is 3.13. The van der Waals surface area contributed by atoms with Gasteiger partial charge in [0, 0.05) is 6.54 Å². The summed E-state index contributed by atoms with van der Waals surface area (Å²) in [5, 5.41) is 30.2. The second-order valence-corrected chi connectivity index (χ2v) is 4.32. The molecule has 0 bridgehead atoms. The van der Waals surface area contributed by atoms with Gasteiger partial charge in [0.25, 0.3) is 0 Å². The fourth-order valence-electron chi connectivity index (χ4n) is 0.690. The third kappa shape index (κ3) is 3.25. The molecule has 13 heavy (non-hydrogen) atoms. The molecule has 0 amide bonds. The van der Waals surface area contributed by atoms with Crippen LogP contribution in [-0.2, 0) is 0 Å². The molecule has 1 heterocycles. The van der Waals surface area contributed by atoms with Gasteiger partial charge in [0.15, 0.2) is 0 Å². The van der Waals surface area contributed by atoms with E-state index in [1.165, 1.54) is 11.3 Å². The summed E-state index contributed by atoms with van der Waals surface area (Å²) in [5.74, 6) is 0. The van der Waals surface area contributed by atoms with Crippen LogP contribution in [0, 0.1) is 6.92 Å². The van der Waals surface area contributed by atoms with Crippen LogP contribution >= 0.6 is 11.3 Å². The predicted molar refractivity (Wildman–Crippen MR) is 50.8 cm³/mol. The minimum atomic E-state index is -1.11. The summed E-state index contributed by atoms with van der Waals surface area (Å²) in [6.07, 6.45) is 0. The van der Waals surface area contributed by atoms with Crippen LogP contribution in [0.15, 0.2) is 0 Å². The number of aryl methyl sites for hydroxylation is 1. The summed E-state index contributed by atoms with van der Waals surface area (Å²) >= 11 is 1.41. The molecule has 6 heteroatoms. The lowest BCUT2D eigenvalue weighted by Crippen LogP contribution is -2.37. The summed E-state index contributed by atoms with van der Waals surface area (Å²) < 4.78 is 0. The molecular weight excluding hydrogens is 190 g/mol. The number of aromatic nitrogens is 2. The molecule has 74 valence electrons. The van der Waals surface area contributed by atoms with Crippen molar-refractivity contribution in [1.29, 1.82) is 0 Å². The SMILES string of the molecule is Cc1nnc(NCC(C)(O)CO)s1. The van der Waals surface area contributed by atoms with Crippen molar-refractivity contribution in [1.82, 2.24) is 10.2 Å². The average Bonchev–Trinajstić information content (AvgIpc) is 2.48. The van der Waals surface area contributed by atoms with Gasteiger partial charge < -0.3 is 15.5 Å². The number of aliphatic hydroxyl groups excluding tert-OH is 1. The Bertz CT molecular complexity index is 274. The lowest BCUT2D eigenvalue weighted by molar-refractivity contribution is 0.0132. The smallest absolute Gasteiger partial charge is 0.205 e. The van der Waals surface area contributed by atoms with E-state index in [9.17, 15) is 5.11 Å². The minimum absolute atomic E-state index is 0.262. The van der Waals surface area contributed by atoms with E-state index in [-0.39, 0.29) is 13.2 Å². The van der Waals surface area contributed by atoms with Crippen molar-refractivity contribution in [2.45, 2.75) is 19.4 Å². The van der Waals surface area contributed by atoms with Crippen LogP contribution < -0.4 is 5.32 Å². The average molecular weight is 203 g/mol. The van der Waals surface area contributed by atoms with Gasteiger partial charge in [0.1, 0.15) is 10.6 Å². The van der Waals surface area contributed by atoms with E-state index in [1.807, 2.05) is 6.92 Å². The molecule has 1 aromatic heterocycles. The summed E-state index contributed by atoms with van der Waals surface area (Å²) in [7, 11) is 0. The van der Waals surface area contributed by atoms with E-state index in [2.05, 4.69) is 15.5 Å². The normalized spacial score (nSPS) is 15.4. The van der Waals surface area contributed by atoms with Crippen LogP contribution in [0.5, 0.6) is 0 Å². The first-order valence-corrected chi connectivity index (χ1v) is 4.72. The molecule has 3 N–H and O–H groups in total. The first-order valence-electron chi connectivity index (χ1n) is 3.91. The van der Waals surface area contributed by atoms with E-state index < -0.39 is 5.60 Å². The highest BCUT2D eigenvalue weighted by Crippen LogP contribution is 2.14. The fourth-order valence-corrected chi connectivity index (χ4v) is 1.28. The highest BCUT2D eigenvalue weighted by atomic mass is 32.1. The first kappa shape index (κ1) is 10.4. The highest BCUT2D eigenvalue weighted by molar-refractivity contribution is 7.15. The summed E-state index contributed by atoms with van der Waals surface area (Å²) in [5.41, 5.74) is -1.11. The molecule has 0 aliphatic heterocycles. The molecule has 1 rings (SSSR count). The zero-order valence-corrected chi connectivity index (χ0v) is 8.43. The molecule has 0 aliphatic carbocycles. The Balaban J connectivity index is 2.43. The number of aliphatic hydroxyl groups is 2. The molecule has 1 aromatic rings. The Labute approximate surface area is 80.4 Å². The van der Waals surface area contributed by atoms with Crippen LogP contribution in [0.2, 0.25) is 0 Å². The molecule has 0 saturated heterocycles. The number of nitrogens with one attached hydrogen (secondary N) is 1. The Morgan fingerprint density at radius 3 is 2.69 bits per heavy atom. The fraction of sp³-hybridized carbons (Fsp3) is 0.714. The van der Waals surface area contributed by atoms with E-state index >= 15 is 0 Å². The van der Waals surface area contributed by atoms with Crippen LogP contribution in [0.4, 0.5) is 5.13 Å². The largest absolute Gasteiger partial charge is 0.393 e. The van der Waals surface area contributed by atoms with Crippen molar-refractivity contribution >= 4 is 16.5 Å². The monoisotopic (exact) mass is 203 g/mol. The van der Waals surface area contributed by atoms with Crippen LogP contribution in [0.25, 0.3) is 0 Å².